The first-order chi connectivity index (χ1) is 7.57. The molecule has 1 aromatic rings. The van der Waals surface area contributed by atoms with Crippen molar-refractivity contribution < 1.29 is 13.2 Å². The molecule has 0 saturated carbocycles. The van der Waals surface area contributed by atoms with E-state index in [0.717, 1.165) is 10.7 Å². The lowest BCUT2D eigenvalue weighted by atomic mass is 10.3. The van der Waals surface area contributed by atoms with Gasteiger partial charge in [-0.05, 0) is 6.92 Å². The summed E-state index contributed by atoms with van der Waals surface area (Å²) in [6.07, 6.45) is 0.611. The fourth-order valence-electron chi connectivity index (χ4n) is 1.09. The Morgan fingerprint density at radius 2 is 2.31 bits per heavy atom. The van der Waals surface area contributed by atoms with E-state index >= 15 is 0 Å². The number of aromatic nitrogens is 1. The standard InChI is InChI=1S/C9H16N2O3S2/c1-3-16(12,13)10-5-4-8-7-15-9(11-8)6-14-2/h7,10H,3-6H2,1-2H3. The maximum absolute atomic E-state index is 11.1. The molecule has 1 heterocycles. The summed E-state index contributed by atoms with van der Waals surface area (Å²) in [4.78, 5) is 4.30. The van der Waals surface area contributed by atoms with Crippen LogP contribution in [0.3, 0.4) is 0 Å². The molecule has 5 nitrogen and oxygen atoms in total. The highest BCUT2D eigenvalue weighted by Gasteiger charge is 2.06. The fraction of sp³-hybridized carbons (Fsp3) is 0.667. The lowest BCUT2D eigenvalue weighted by Crippen LogP contribution is -2.27. The Hall–Kier alpha value is -0.500. The molecule has 0 unspecified atom stereocenters. The number of hydrogen-bond donors (Lipinski definition) is 1. The highest BCUT2D eigenvalue weighted by molar-refractivity contribution is 7.89. The van der Waals surface area contributed by atoms with Crippen LogP contribution in [0.4, 0.5) is 0 Å². The minimum Gasteiger partial charge on any atom is -0.378 e. The highest BCUT2D eigenvalue weighted by atomic mass is 32.2. The second-order valence-corrected chi connectivity index (χ2v) is 6.25. The molecule has 0 radical (unpaired) electrons. The van der Waals surface area contributed by atoms with Gasteiger partial charge in [0.25, 0.3) is 0 Å². The Morgan fingerprint density at radius 3 is 2.94 bits per heavy atom. The minimum absolute atomic E-state index is 0.110. The molecule has 16 heavy (non-hydrogen) atoms. The SMILES string of the molecule is CCS(=O)(=O)NCCc1csc(COC)n1. The largest absolute Gasteiger partial charge is 0.378 e. The van der Waals surface area contributed by atoms with Crippen molar-refractivity contribution in [3.8, 4) is 0 Å². The second kappa shape index (κ2) is 6.29. The van der Waals surface area contributed by atoms with Crippen molar-refractivity contribution >= 4 is 21.4 Å². The van der Waals surface area contributed by atoms with Crippen LogP contribution in [0.5, 0.6) is 0 Å². The van der Waals surface area contributed by atoms with Gasteiger partial charge in [-0.2, -0.15) is 0 Å². The number of nitrogens with one attached hydrogen (secondary N) is 1. The van der Waals surface area contributed by atoms with Crippen LogP contribution in [0.2, 0.25) is 0 Å². The van der Waals surface area contributed by atoms with E-state index in [4.69, 9.17) is 4.74 Å². The molecule has 0 spiro atoms. The summed E-state index contributed by atoms with van der Waals surface area (Å²) in [6, 6.07) is 0. The van der Waals surface area contributed by atoms with Gasteiger partial charge in [0.15, 0.2) is 0 Å². The van der Waals surface area contributed by atoms with Crippen LogP contribution in [-0.4, -0.2) is 32.8 Å². The number of sulfonamides is 1. The monoisotopic (exact) mass is 264 g/mol. The molecule has 0 fully saturated rings. The van der Waals surface area contributed by atoms with E-state index in [2.05, 4.69) is 9.71 Å². The summed E-state index contributed by atoms with van der Waals surface area (Å²) in [5, 5.41) is 2.84. The van der Waals surface area contributed by atoms with Gasteiger partial charge in [0, 0.05) is 25.5 Å². The summed E-state index contributed by atoms with van der Waals surface area (Å²) < 4.78 is 29.8. The van der Waals surface area contributed by atoms with Gasteiger partial charge in [0.1, 0.15) is 5.01 Å². The summed E-state index contributed by atoms with van der Waals surface area (Å²) in [6.45, 7) is 2.51. The molecule has 0 atom stereocenters. The average Bonchev–Trinajstić information content (AvgIpc) is 2.66. The Bertz CT molecular complexity index is 414. The molecular formula is C9H16N2O3S2. The Labute approximate surface area is 99.9 Å². The Kier molecular flexibility index (Phi) is 5.33. The fourth-order valence-corrected chi connectivity index (χ4v) is 2.51. The van der Waals surface area contributed by atoms with Crippen LogP contribution in [0.25, 0.3) is 0 Å². The molecule has 1 aromatic heterocycles. The summed E-state index contributed by atoms with van der Waals surface area (Å²) in [5.41, 5.74) is 0.899. The molecule has 0 bridgehead atoms. The topological polar surface area (TPSA) is 68.3 Å². The molecule has 0 aromatic carbocycles. The molecular weight excluding hydrogens is 248 g/mol. The number of rotatable bonds is 7. The van der Waals surface area contributed by atoms with Crippen LogP contribution >= 0.6 is 11.3 Å². The number of ether oxygens (including phenoxy) is 1. The van der Waals surface area contributed by atoms with Gasteiger partial charge in [0.05, 0.1) is 18.1 Å². The van der Waals surface area contributed by atoms with Gasteiger partial charge in [0.2, 0.25) is 10.0 Å². The van der Waals surface area contributed by atoms with Crippen LogP contribution in [0.15, 0.2) is 5.38 Å². The zero-order chi connectivity index (χ0) is 12.0. The van der Waals surface area contributed by atoms with Crippen molar-refractivity contribution in [1.82, 2.24) is 9.71 Å². The predicted molar refractivity (Wildman–Crippen MR) is 64.0 cm³/mol. The van der Waals surface area contributed by atoms with Crippen molar-refractivity contribution in [2.45, 2.75) is 20.0 Å². The second-order valence-electron chi connectivity index (χ2n) is 3.21. The maximum Gasteiger partial charge on any atom is 0.211 e. The van der Waals surface area contributed by atoms with E-state index in [-0.39, 0.29) is 5.75 Å². The van der Waals surface area contributed by atoms with Gasteiger partial charge in [-0.3, -0.25) is 0 Å². The average molecular weight is 264 g/mol. The molecule has 7 heteroatoms. The zero-order valence-electron chi connectivity index (χ0n) is 9.39. The van der Waals surface area contributed by atoms with Gasteiger partial charge in [-0.1, -0.05) is 0 Å². The number of hydrogen-bond acceptors (Lipinski definition) is 5. The zero-order valence-corrected chi connectivity index (χ0v) is 11.0. The third kappa shape index (κ3) is 4.56. The van der Waals surface area contributed by atoms with Crippen LogP contribution in [0, 0.1) is 0 Å². The van der Waals surface area contributed by atoms with Gasteiger partial charge >= 0.3 is 0 Å². The molecule has 1 N–H and O–H groups in total. The van der Waals surface area contributed by atoms with Crippen LogP contribution in [-0.2, 0) is 27.8 Å². The van der Waals surface area contributed by atoms with E-state index < -0.39 is 10.0 Å². The Balaban J connectivity index is 2.37. The summed E-state index contributed by atoms with van der Waals surface area (Å²) >= 11 is 1.52. The van der Waals surface area contributed by atoms with Gasteiger partial charge < -0.3 is 4.74 Å². The van der Waals surface area contributed by atoms with Crippen molar-refractivity contribution in [1.29, 1.82) is 0 Å². The van der Waals surface area contributed by atoms with Crippen LogP contribution < -0.4 is 4.72 Å². The molecule has 0 amide bonds. The molecule has 92 valence electrons. The van der Waals surface area contributed by atoms with E-state index in [1.54, 1.807) is 14.0 Å². The van der Waals surface area contributed by atoms with Gasteiger partial charge in [-0.25, -0.2) is 18.1 Å². The van der Waals surface area contributed by atoms with Crippen molar-refractivity contribution in [2.24, 2.45) is 0 Å². The number of nitrogens with zero attached hydrogens (tertiary/aromatic N) is 1. The van der Waals surface area contributed by atoms with Crippen LogP contribution in [0.1, 0.15) is 17.6 Å². The molecule has 0 aliphatic carbocycles. The minimum atomic E-state index is -3.09. The molecule has 1 rings (SSSR count). The Morgan fingerprint density at radius 1 is 1.56 bits per heavy atom. The van der Waals surface area contributed by atoms with Crippen molar-refractivity contribution in [3.63, 3.8) is 0 Å². The molecule has 0 saturated heterocycles. The van der Waals surface area contributed by atoms with Gasteiger partial charge in [-0.15, -0.1) is 11.3 Å². The van der Waals surface area contributed by atoms with E-state index in [1.165, 1.54) is 11.3 Å². The summed E-state index contributed by atoms with van der Waals surface area (Å²) in [5.74, 6) is 0.110. The number of methoxy groups -OCH3 is 1. The van der Waals surface area contributed by atoms with E-state index in [1.807, 2.05) is 5.38 Å². The van der Waals surface area contributed by atoms with Crippen molar-refractivity contribution in [3.05, 3.63) is 16.1 Å². The third-order valence-corrected chi connectivity index (χ3v) is 4.23. The predicted octanol–water partition coefficient (Wildman–Crippen LogP) is 0.771. The third-order valence-electron chi connectivity index (χ3n) is 1.95. The normalized spacial score (nSPS) is 11.9. The lowest BCUT2D eigenvalue weighted by molar-refractivity contribution is 0.184. The molecule has 0 aliphatic rings. The number of thiazole rings is 1. The van der Waals surface area contributed by atoms with E-state index in [0.29, 0.717) is 19.6 Å². The highest BCUT2D eigenvalue weighted by Crippen LogP contribution is 2.10. The first kappa shape index (κ1) is 13.6. The first-order valence-electron chi connectivity index (χ1n) is 4.97. The van der Waals surface area contributed by atoms with Crippen molar-refractivity contribution in [2.75, 3.05) is 19.4 Å². The first-order valence-corrected chi connectivity index (χ1v) is 7.50. The smallest absolute Gasteiger partial charge is 0.211 e. The molecule has 0 aliphatic heterocycles. The summed E-state index contributed by atoms with van der Waals surface area (Å²) in [7, 11) is -1.47. The van der Waals surface area contributed by atoms with E-state index in [9.17, 15) is 8.42 Å². The maximum atomic E-state index is 11.1. The lowest BCUT2D eigenvalue weighted by Gasteiger charge is -2.01. The quantitative estimate of drug-likeness (QED) is 0.790.